The van der Waals surface area contributed by atoms with E-state index < -0.39 is 73.0 Å². The molecule has 1 aliphatic carbocycles. The van der Waals surface area contributed by atoms with Crippen molar-refractivity contribution < 1.29 is 53.7 Å². The first kappa shape index (κ1) is 40.8. The number of hydrogen-bond donors (Lipinski definition) is 6. The summed E-state index contributed by atoms with van der Waals surface area (Å²) in [6.07, 6.45) is -4.97. The highest BCUT2D eigenvalue weighted by Gasteiger charge is 2.50. The molecule has 0 spiro atoms. The van der Waals surface area contributed by atoms with Crippen LogP contribution in [-0.2, 0) is 28.5 Å². The summed E-state index contributed by atoms with van der Waals surface area (Å²) in [6, 6.07) is 13.9. The highest BCUT2D eigenvalue weighted by molar-refractivity contribution is 5.79. The van der Waals surface area contributed by atoms with Crippen molar-refractivity contribution in [2.24, 2.45) is 11.8 Å². The molecule has 53 heavy (non-hydrogen) atoms. The monoisotopic (exact) mass is 740 g/mol. The Morgan fingerprint density at radius 2 is 1.62 bits per heavy atom. The number of carbonyl (C=O) groups excluding carboxylic acids is 2. The molecule has 2 amide bonds. The van der Waals surface area contributed by atoms with Crippen LogP contribution in [0.15, 0.2) is 60.7 Å². The lowest BCUT2D eigenvalue weighted by Gasteiger charge is -2.48. The lowest BCUT2D eigenvalue weighted by atomic mass is 9.86. The van der Waals surface area contributed by atoms with Gasteiger partial charge in [-0.05, 0) is 41.0 Å². The van der Waals surface area contributed by atoms with Gasteiger partial charge in [-0.15, -0.1) is 0 Å². The molecule has 5 rings (SSSR count). The molecule has 0 aromatic heterocycles. The lowest BCUT2D eigenvalue weighted by molar-refractivity contribution is -0.312. The number of aliphatic hydroxyl groups is 4. The standard InChI is InChI=1S/C40H56N2O11/c1-22(2)15-16-25(17-33-34(41-21-43)32(45)19-40(49-6,53-33)18-31(44)23(3)4)52-38-37(47)35(36(46)24(5)51-38)42-39(48)50-20-30-28-13-9-7-11-26(28)27-12-8-10-14-29(27)30/h7-16,21-25,30-38,44-47H,17-20H2,1-6H3,(H,41,43)(H,42,48)/b16-15+/t24?,25?,31?,32-,33-,34?,35?,36?,37?,38?,40?/m0/s1. The van der Waals surface area contributed by atoms with Crippen LogP contribution in [0.25, 0.3) is 11.1 Å². The number of hydrogen-bond acceptors (Lipinski definition) is 11. The Kier molecular flexibility index (Phi) is 13.7. The molecule has 13 heteroatoms. The van der Waals surface area contributed by atoms with Gasteiger partial charge in [0.1, 0.15) is 18.8 Å². The number of amides is 2. The molecule has 6 N–H and O–H groups in total. The van der Waals surface area contributed by atoms with Crippen LogP contribution in [0.3, 0.4) is 0 Å². The van der Waals surface area contributed by atoms with Gasteiger partial charge in [0.15, 0.2) is 12.1 Å². The second kappa shape index (κ2) is 17.8. The third-order valence-electron chi connectivity index (χ3n) is 10.6. The number of allylic oxidation sites excluding steroid dienone is 1. The number of alkyl carbamates (subject to hydrolysis) is 1. The average Bonchev–Trinajstić information content (AvgIpc) is 3.45. The van der Waals surface area contributed by atoms with E-state index in [-0.39, 0.29) is 43.6 Å². The van der Waals surface area contributed by atoms with Gasteiger partial charge in [-0.25, -0.2) is 4.79 Å². The number of benzene rings is 2. The van der Waals surface area contributed by atoms with Crippen LogP contribution < -0.4 is 10.6 Å². The van der Waals surface area contributed by atoms with Crippen LogP contribution in [-0.4, -0.2) is 114 Å². The maximum absolute atomic E-state index is 13.2. The Hall–Kier alpha value is -3.40. The zero-order valence-electron chi connectivity index (χ0n) is 31.3. The molecular weight excluding hydrogens is 684 g/mol. The zero-order valence-corrected chi connectivity index (χ0v) is 31.3. The molecule has 13 nitrogen and oxygen atoms in total. The first-order valence-corrected chi connectivity index (χ1v) is 18.5. The number of carbonyl (C=O) groups is 2. The molecule has 0 saturated carbocycles. The topological polar surface area (TPSA) is 185 Å². The molecule has 2 heterocycles. The Balaban J connectivity index is 1.30. The fourth-order valence-electron chi connectivity index (χ4n) is 7.51. The second-order valence-corrected chi connectivity index (χ2v) is 15.1. The normalized spacial score (nSPS) is 31.2. The van der Waals surface area contributed by atoms with Crippen molar-refractivity contribution >= 4 is 12.5 Å². The summed E-state index contributed by atoms with van der Waals surface area (Å²) in [6.45, 7) is 9.35. The molecule has 3 aliphatic rings. The smallest absolute Gasteiger partial charge is 0.407 e. The minimum Gasteiger partial charge on any atom is -0.449 e. The summed E-state index contributed by atoms with van der Waals surface area (Å²) in [4.78, 5) is 24.9. The largest absolute Gasteiger partial charge is 0.449 e. The van der Waals surface area contributed by atoms with E-state index >= 15 is 0 Å². The molecule has 11 atom stereocenters. The van der Waals surface area contributed by atoms with E-state index in [0.717, 1.165) is 22.3 Å². The predicted molar refractivity (Wildman–Crippen MR) is 195 cm³/mol. The molecule has 2 saturated heterocycles. The average molecular weight is 741 g/mol. The van der Waals surface area contributed by atoms with Crippen molar-refractivity contribution in [1.82, 2.24) is 10.6 Å². The van der Waals surface area contributed by atoms with Crippen molar-refractivity contribution in [1.29, 1.82) is 0 Å². The fourth-order valence-corrected chi connectivity index (χ4v) is 7.51. The molecular formula is C40H56N2O11. The molecule has 2 aromatic carbocycles. The van der Waals surface area contributed by atoms with Gasteiger partial charge in [0.25, 0.3) is 0 Å². The first-order chi connectivity index (χ1) is 25.3. The summed E-state index contributed by atoms with van der Waals surface area (Å²) in [5, 5.41) is 49.8. The van der Waals surface area contributed by atoms with Crippen LogP contribution in [0.2, 0.25) is 0 Å². The van der Waals surface area contributed by atoms with Crippen molar-refractivity contribution in [2.75, 3.05) is 13.7 Å². The van der Waals surface area contributed by atoms with Gasteiger partial charge in [-0.2, -0.15) is 0 Å². The first-order valence-electron chi connectivity index (χ1n) is 18.5. The molecule has 2 aliphatic heterocycles. The van der Waals surface area contributed by atoms with Gasteiger partial charge >= 0.3 is 6.09 Å². The summed E-state index contributed by atoms with van der Waals surface area (Å²) < 4.78 is 30.2. The summed E-state index contributed by atoms with van der Waals surface area (Å²) >= 11 is 0. The number of nitrogens with one attached hydrogen (secondary N) is 2. The van der Waals surface area contributed by atoms with Gasteiger partial charge in [0, 0.05) is 32.3 Å². The minimum atomic E-state index is -1.52. The van der Waals surface area contributed by atoms with Gasteiger partial charge in [0.05, 0.1) is 42.6 Å². The van der Waals surface area contributed by atoms with Crippen molar-refractivity contribution in [3.05, 3.63) is 71.8 Å². The molecule has 0 radical (unpaired) electrons. The Morgan fingerprint density at radius 1 is 0.981 bits per heavy atom. The van der Waals surface area contributed by atoms with Gasteiger partial charge in [0.2, 0.25) is 6.41 Å². The van der Waals surface area contributed by atoms with Crippen LogP contribution >= 0.6 is 0 Å². The van der Waals surface area contributed by atoms with E-state index in [4.69, 9.17) is 23.7 Å². The fraction of sp³-hybridized carbons (Fsp3) is 0.600. The summed E-state index contributed by atoms with van der Waals surface area (Å²) in [5.41, 5.74) is 4.28. The third-order valence-corrected chi connectivity index (χ3v) is 10.6. The second-order valence-electron chi connectivity index (χ2n) is 15.1. The summed E-state index contributed by atoms with van der Waals surface area (Å²) in [5.74, 6) is -1.51. The Morgan fingerprint density at radius 3 is 2.21 bits per heavy atom. The molecule has 292 valence electrons. The zero-order chi connectivity index (χ0) is 38.4. The summed E-state index contributed by atoms with van der Waals surface area (Å²) in [7, 11) is 1.44. The molecule has 9 unspecified atom stereocenters. The van der Waals surface area contributed by atoms with Crippen LogP contribution in [0.1, 0.15) is 70.9 Å². The van der Waals surface area contributed by atoms with Gasteiger partial charge in [-0.1, -0.05) is 88.4 Å². The van der Waals surface area contributed by atoms with Crippen LogP contribution in [0.4, 0.5) is 4.79 Å². The Labute approximate surface area is 311 Å². The maximum atomic E-state index is 13.2. The highest BCUT2D eigenvalue weighted by Crippen LogP contribution is 2.44. The minimum absolute atomic E-state index is 0.00567. The maximum Gasteiger partial charge on any atom is 0.407 e. The van der Waals surface area contributed by atoms with Crippen molar-refractivity contribution in [3.8, 4) is 11.1 Å². The van der Waals surface area contributed by atoms with Crippen LogP contribution in [0.5, 0.6) is 0 Å². The number of fused-ring (bicyclic) bond motifs is 3. The van der Waals surface area contributed by atoms with E-state index in [9.17, 15) is 30.0 Å². The van der Waals surface area contributed by atoms with E-state index in [2.05, 4.69) is 10.6 Å². The molecule has 0 bridgehead atoms. The van der Waals surface area contributed by atoms with Gasteiger partial charge in [-0.3, -0.25) is 4.79 Å². The van der Waals surface area contributed by atoms with E-state index in [1.165, 1.54) is 7.11 Å². The SMILES string of the molecule is COC1(CC(O)C(C)C)C[C@H](O)C(NC=O)[C@H](CC(/C=C/C(C)C)OC2OC(C)C(O)C(NC(=O)OCC3c4ccccc4-c4ccccc43)C2O)O1. The highest BCUT2D eigenvalue weighted by atomic mass is 16.7. The molecule has 2 aromatic rings. The van der Waals surface area contributed by atoms with E-state index in [0.29, 0.717) is 6.41 Å². The number of ether oxygens (including phenoxy) is 5. The van der Waals surface area contributed by atoms with Crippen molar-refractivity contribution in [3.63, 3.8) is 0 Å². The van der Waals surface area contributed by atoms with E-state index in [1.807, 2.05) is 82.3 Å². The lowest BCUT2D eigenvalue weighted by Crippen LogP contribution is -2.64. The third kappa shape index (κ3) is 9.46. The van der Waals surface area contributed by atoms with Crippen molar-refractivity contribution in [2.45, 2.75) is 127 Å². The number of methoxy groups -OCH3 is 1. The Bertz CT molecular complexity index is 1510. The van der Waals surface area contributed by atoms with E-state index in [1.54, 1.807) is 13.0 Å². The number of rotatable bonds is 15. The molecule has 2 fully saturated rings. The number of aliphatic hydroxyl groups excluding tert-OH is 4. The quantitative estimate of drug-likeness (QED) is 0.116. The van der Waals surface area contributed by atoms with Gasteiger partial charge < -0.3 is 54.7 Å². The van der Waals surface area contributed by atoms with Crippen LogP contribution in [0, 0.1) is 11.8 Å². The predicted octanol–water partition coefficient (Wildman–Crippen LogP) is 3.36.